The summed E-state index contributed by atoms with van der Waals surface area (Å²) in [7, 11) is 1.73. The van der Waals surface area contributed by atoms with Crippen LogP contribution in [-0.4, -0.2) is 101 Å². The van der Waals surface area contributed by atoms with E-state index < -0.39 is 41.1 Å². The van der Waals surface area contributed by atoms with E-state index in [9.17, 15) is 14.4 Å². The maximum Gasteiger partial charge on any atom is 0.408 e. The Kier molecular flexibility index (Phi) is 12.6. The minimum atomic E-state index is -1.02. The van der Waals surface area contributed by atoms with Crippen molar-refractivity contribution in [3.63, 3.8) is 0 Å². The van der Waals surface area contributed by atoms with Gasteiger partial charge in [0.05, 0.1) is 48.0 Å². The topological polar surface area (TPSA) is 158 Å². The van der Waals surface area contributed by atoms with Gasteiger partial charge in [0, 0.05) is 77.2 Å². The lowest BCUT2D eigenvalue weighted by atomic mass is 9.81. The number of hydrogen-bond acceptors (Lipinski definition) is 12. The average Bonchev–Trinajstić information content (AvgIpc) is 3.85. The van der Waals surface area contributed by atoms with Gasteiger partial charge in [0.2, 0.25) is 0 Å². The molecule has 2 amide bonds. The number of fused-ring (bicyclic) bond motifs is 8. The number of pyridine rings is 1. The van der Waals surface area contributed by atoms with Crippen molar-refractivity contribution >= 4 is 40.2 Å². The molecule has 0 unspecified atom stereocenters. The Morgan fingerprint density at radius 1 is 1.15 bits per heavy atom. The van der Waals surface area contributed by atoms with Gasteiger partial charge in [-0.1, -0.05) is 26.8 Å². The van der Waals surface area contributed by atoms with Crippen LogP contribution in [0.25, 0.3) is 33.4 Å². The number of aromatic nitrogens is 3. The molecule has 4 aromatic rings. The molecule has 8 rings (SSSR count). The summed E-state index contributed by atoms with van der Waals surface area (Å²) in [6.45, 7) is 18.4. The maximum absolute atomic E-state index is 14.3. The predicted octanol–water partition coefficient (Wildman–Crippen LogP) is 7.41. The number of morpholine rings is 1. The predicted molar refractivity (Wildman–Crippen MR) is 239 cm³/mol. The number of carbonyl (C=O) groups is 3. The second kappa shape index (κ2) is 17.6. The Morgan fingerprint density at radius 2 is 1.90 bits per heavy atom. The first-order valence-electron chi connectivity index (χ1n) is 22.2. The molecular weight excluding hydrogens is 807 g/mol. The van der Waals surface area contributed by atoms with Crippen molar-refractivity contribution in [2.75, 3.05) is 33.5 Å². The smallest absolute Gasteiger partial charge is 0.408 e. The molecule has 7 atom stereocenters. The summed E-state index contributed by atoms with van der Waals surface area (Å²) in [5, 5.41) is 11.8. The van der Waals surface area contributed by atoms with Crippen LogP contribution in [0.3, 0.4) is 0 Å². The van der Waals surface area contributed by atoms with Crippen LogP contribution >= 0.6 is 11.3 Å². The number of nitrogens with zero attached hydrogens (tertiary/aromatic N) is 4. The third-order valence-corrected chi connectivity index (χ3v) is 13.8. The molecule has 0 spiro atoms. The molecule has 0 radical (unpaired) electrons. The number of carbonyl (C=O) groups excluding carboxylic acids is 3. The number of hydrazine groups is 1. The van der Waals surface area contributed by atoms with Gasteiger partial charge in [-0.25, -0.2) is 15.2 Å². The van der Waals surface area contributed by atoms with Crippen LogP contribution in [0, 0.1) is 5.41 Å². The SMILES string of the molecule is CCn1c(-c2cc([C@@H]3C[C@H]4COC[C@@H](C3)N4)cnc2[C@H](C)OC)c2c3cc(ccc31)-c1csc(n1)[C@@H](C)[C@H](NC(=O)OC(C)(C)C)C(=O)N1CCC[C@H](N1)C(=O)OCC(C)(C)C2. The normalized spacial score (nSPS) is 26.1. The fourth-order valence-electron chi connectivity index (χ4n) is 9.64. The molecule has 62 heavy (non-hydrogen) atoms. The van der Waals surface area contributed by atoms with Crippen LogP contribution in [0.1, 0.15) is 121 Å². The number of rotatable bonds is 6. The van der Waals surface area contributed by atoms with Gasteiger partial charge in [0.1, 0.15) is 17.7 Å². The number of methoxy groups -OCH3 is 1. The van der Waals surface area contributed by atoms with Crippen molar-refractivity contribution in [3.05, 3.63) is 57.7 Å². The van der Waals surface area contributed by atoms with Crippen molar-refractivity contribution < 1.29 is 33.3 Å². The van der Waals surface area contributed by atoms with Crippen LogP contribution in [0.5, 0.6) is 0 Å². The first-order valence-corrected chi connectivity index (χ1v) is 23.1. The van der Waals surface area contributed by atoms with E-state index in [4.69, 9.17) is 28.9 Å². The molecule has 7 heterocycles. The van der Waals surface area contributed by atoms with Crippen molar-refractivity contribution in [2.24, 2.45) is 5.41 Å². The summed E-state index contributed by atoms with van der Waals surface area (Å²) < 4.78 is 26.1. The van der Waals surface area contributed by atoms with E-state index in [0.717, 1.165) is 70.7 Å². The Labute approximate surface area is 368 Å². The summed E-state index contributed by atoms with van der Waals surface area (Å²) in [6, 6.07) is 7.74. The first-order chi connectivity index (χ1) is 29.5. The lowest BCUT2D eigenvalue weighted by Crippen LogP contribution is -2.61. The maximum atomic E-state index is 14.3. The van der Waals surface area contributed by atoms with Gasteiger partial charge in [-0.05, 0) is 102 Å². The number of aryl methyl sites for hydroxylation is 1. The Hall–Kier alpha value is -4.41. The van der Waals surface area contributed by atoms with Gasteiger partial charge in [-0.3, -0.25) is 19.6 Å². The zero-order valence-corrected chi connectivity index (χ0v) is 38.4. The number of cyclic esters (lactones) is 1. The van der Waals surface area contributed by atoms with Crippen LogP contribution in [0.15, 0.2) is 35.8 Å². The van der Waals surface area contributed by atoms with E-state index in [2.05, 4.69) is 78.8 Å². The molecule has 15 heteroatoms. The van der Waals surface area contributed by atoms with Crippen molar-refractivity contribution in [2.45, 2.75) is 142 Å². The highest BCUT2D eigenvalue weighted by atomic mass is 32.1. The van der Waals surface area contributed by atoms with Crippen LogP contribution in [0.4, 0.5) is 4.79 Å². The summed E-state index contributed by atoms with van der Waals surface area (Å²) in [4.78, 5) is 51.8. The highest BCUT2D eigenvalue weighted by molar-refractivity contribution is 7.10. The fraction of sp³-hybridized carbons (Fsp3) is 0.596. The number of esters is 1. The lowest BCUT2D eigenvalue weighted by Gasteiger charge is -2.40. The zero-order chi connectivity index (χ0) is 44.1. The van der Waals surface area contributed by atoms with Crippen LogP contribution in [-0.2, 0) is 41.5 Å². The van der Waals surface area contributed by atoms with E-state index >= 15 is 0 Å². The van der Waals surface area contributed by atoms with E-state index in [-0.39, 0.29) is 18.6 Å². The average molecular weight is 870 g/mol. The van der Waals surface area contributed by atoms with Gasteiger partial charge in [0.15, 0.2) is 0 Å². The van der Waals surface area contributed by atoms with Gasteiger partial charge in [-0.15, -0.1) is 11.3 Å². The molecule has 3 aromatic heterocycles. The number of hydrogen-bond donors (Lipinski definition) is 3. The molecule has 4 aliphatic heterocycles. The summed E-state index contributed by atoms with van der Waals surface area (Å²) in [5.41, 5.74) is 10.1. The highest BCUT2D eigenvalue weighted by Crippen LogP contribution is 2.44. The summed E-state index contributed by atoms with van der Waals surface area (Å²) in [6.07, 6.45) is 4.73. The Morgan fingerprint density at radius 3 is 2.61 bits per heavy atom. The molecular formula is C47H63N7O7S. The number of piperidine rings is 1. The standard InChI is InChI=1S/C47H63N7O7S/c1-10-53-38-14-13-28-18-33(38)35(41(53)34-19-30(21-48-40(34)27(3)58-9)29-16-31-22-59-23-32(17-29)49-31)20-47(7,8)25-60-44(56)36-12-11-15-54(52-36)43(55)39(51-45(57)61-46(4,5)6)26(2)42-50-37(28)24-62-42/h13-14,18-19,21,24,26-27,29,31-32,36,39,49,52H,10-12,15-17,20,22-23,25H2,1-9H3,(H,51,57)/t26-,27-,29-,31+,32-,36-,39-/m0/s1. The van der Waals surface area contributed by atoms with Crippen LogP contribution < -0.4 is 16.1 Å². The zero-order valence-electron chi connectivity index (χ0n) is 37.6. The van der Waals surface area contributed by atoms with Gasteiger partial charge < -0.3 is 34.1 Å². The number of thiazole rings is 1. The van der Waals surface area contributed by atoms with Crippen molar-refractivity contribution in [1.82, 2.24) is 35.6 Å². The molecule has 334 valence electrons. The van der Waals surface area contributed by atoms with E-state index in [1.54, 1.807) is 27.9 Å². The summed E-state index contributed by atoms with van der Waals surface area (Å²) in [5.74, 6) is -0.987. The minimum absolute atomic E-state index is 0.157. The number of nitrogens with one attached hydrogen (secondary N) is 3. The molecule has 4 aliphatic rings. The lowest BCUT2D eigenvalue weighted by molar-refractivity contribution is -0.155. The summed E-state index contributed by atoms with van der Waals surface area (Å²) >= 11 is 1.45. The minimum Gasteiger partial charge on any atom is -0.464 e. The van der Waals surface area contributed by atoms with E-state index in [1.807, 2.05) is 12.3 Å². The van der Waals surface area contributed by atoms with E-state index in [0.29, 0.717) is 55.4 Å². The second-order valence-corrected chi connectivity index (χ2v) is 20.3. The van der Waals surface area contributed by atoms with Crippen LogP contribution in [0.2, 0.25) is 0 Å². The van der Waals surface area contributed by atoms with Gasteiger partial charge in [0.25, 0.3) is 5.91 Å². The molecule has 0 aliphatic carbocycles. The van der Waals surface area contributed by atoms with Gasteiger partial charge >= 0.3 is 12.1 Å². The van der Waals surface area contributed by atoms with E-state index in [1.165, 1.54) is 21.9 Å². The number of amides is 2. The quantitative estimate of drug-likeness (QED) is 0.166. The Bertz CT molecular complexity index is 2300. The molecule has 3 fully saturated rings. The van der Waals surface area contributed by atoms with Gasteiger partial charge in [-0.2, -0.15) is 0 Å². The molecule has 14 nitrogen and oxygen atoms in total. The van der Waals surface area contributed by atoms with Crippen molar-refractivity contribution in [3.8, 4) is 22.5 Å². The highest BCUT2D eigenvalue weighted by Gasteiger charge is 2.39. The number of alkyl carbamates (subject to hydrolysis) is 1. The third-order valence-electron chi connectivity index (χ3n) is 12.8. The number of benzene rings is 1. The molecule has 0 saturated carbocycles. The monoisotopic (exact) mass is 869 g/mol. The first kappa shape index (κ1) is 44.2. The molecule has 1 aromatic carbocycles. The third kappa shape index (κ3) is 9.15. The number of ether oxygens (including phenoxy) is 4. The molecule has 3 saturated heterocycles. The van der Waals surface area contributed by atoms with Crippen molar-refractivity contribution in [1.29, 1.82) is 0 Å². The largest absolute Gasteiger partial charge is 0.464 e. The molecule has 3 N–H and O–H groups in total. The second-order valence-electron chi connectivity index (χ2n) is 19.4. The molecule has 8 bridgehead atoms. The Balaban J connectivity index is 1.27. The fourth-order valence-corrected chi connectivity index (χ4v) is 10.6.